The minimum absolute atomic E-state index is 0.0625. The number of carbonyl (C=O) groups is 1. The Balaban J connectivity index is 1.72. The highest BCUT2D eigenvalue weighted by Gasteiger charge is 2.33. The molecule has 2 aromatic heterocycles. The average molecular weight is 596 g/mol. The first-order valence-electron chi connectivity index (χ1n) is 12.3. The number of halogens is 1. The molecule has 38 heavy (non-hydrogen) atoms. The molecule has 2 heterocycles. The molecule has 0 unspecified atom stereocenters. The maximum atomic E-state index is 13.3. The average Bonchev–Trinajstić information content (AvgIpc) is 3.17. The van der Waals surface area contributed by atoms with Gasteiger partial charge in [0.05, 0.1) is 27.4 Å². The molecule has 196 valence electrons. The molecule has 0 spiro atoms. The zero-order valence-electron chi connectivity index (χ0n) is 21.3. The number of aromatic amines is 1. The largest absolute Gasteiger partial charge is 0.461 e. The fraction of sp³-hybridized carbons (Fsp3) is 0.241. The van der Waals surface area contributed by atoms with Crippen molar-refractivity contribution in [1.82, 2.24) is 9.55 Å². The first-order chi connectivity index (χ1) is 18.1. The summed E-state index contributed by atoms with van der Waals surface area (Å²) >= 11 is 3.64. The molecule has 0 aliphatic heterocycles. The zero-order valence-corrected chi connectivity index (χ0v) is 23.7. The summed E-state index contributed by atoms with van der Waals surface area (Å²) in [7, 11) is -4.01. The Morgan fingerprint density at radius 3 is 2.50 bits per heavy atom. The maximum absolute atomic E-state index is 13.3. The van der Waals surface area contributed by atoms with E-state index < -0.39 is 21.4 Å². The number of carbonyl (C=O) groups excluding carboxylic acids is 1. The number of pyridine rings is 1. The molecule has 5 rings (SSSR count). The van der Waals surface area contributed by atoms with Crippen LogP contribution in [0.2, 0.25) is 0 Å². The van der Waals surface area contributed by atoms with Gasteiger partial charge in [0.2, 0.25) is 9.84 Å². The maximum Gasteiger partial charge on any atom is 0.356 e. The number of esters is 1. The topological polar surface area (TPSA) is 98.2 Å². The Hall–Kier alpha value is -3.43. The quantitative estimate of drug-likeness (QED) is 0.302. The molecule has 0 saturated carbocycles. The molecule has 1 aliphatic rings. The van der Waals surface area contributed by atoms with E-state index >= 15 is 0 Å². The van der Waals surface area contributed by atoms with Gasteiger partial charge in [-0.25, -0.2) is 13.2 Å². The Kier molecular flexibility index (Phi) is 6.92. The predicted molar refractivity (Wildman–Crippen MR) is 148 cm³/mol. The van der Waals surface area contributed by atoms with Crippen molar-refractivity contribution in [1.29, 1.82) is 0 Å². The van der Waals surface area contributed by atoms with Crippen LogP contribution in [0, 0.1) is 13.8 Å². The van der Waals surface area contributed by atoms with Crippen LogP contribution in [0.4, 0.5) is 0 Å². The monoisotopic (exact) mass is 594 g/mol. The third-order valence-corrected chi connectivity index (χ3v) is 9.54. The third-order valence-electron chi connectivity index (χ3n) is 6.91. The Morgan fingerprint density at radius 2 is 1.82 bits per heavy atom. The molecule has 1 aliphatic carbocycles. The summed E-state index contributed by atoms with van der Waals surface area (Å²) in [6.07, 6.45) is 1.07. The predicted octanol–water partition coefficient (Wildman–Crippen LogP) is 5.38. The summed E-state index contributed by atoms with van der Waals surface area (Å²) in [4.78, 5) is 29.0. The van der Waals surface area contributed by atoms with Crippen LogP contribution in [0.15, 0.2) is 73.7 Å². The van der Waals surface area contributed by atoms with Gasteiger partial charge in [-0.1, -0.05) is 42.0 Å². The van der Waals surface area contributed by atoms with Crippen LogP contribution in [0.5, 0.6) is 0 Å². The Bertz CT molecular complexity index is 1740. The van der Waals surface area contributed by atoms with E-state index in [0.717, 1.165) is 22.3 Å². The lowest BCUT2D eigenvalue weighted by molar-refractivity contribution is 0.0513. The third kappa shape index (κ3) is 4.43. The number of sulfone groups is 1. The fourth-order valence-corrected chi connectivity index (χ4v) is 7.17. The van der Waals surface area contributed by atoms with Crippen molar-refractivity contribution in [2.45, 2.75) is 49.9 Å². The van der Waals surface area contributed by atoms with Crippen LogP contribution in [-0.4, -0.2) is 30.5 Å². The number of nitrogens with zero attached hydrogens (tertiary/aromatic N) is 1. The molecule has 1 N–H and O–H groups in total. The SMILES string of the molecule is CCOC(=O)c1c(Br)c2c(n1Cc1ccc(C)cc1C)-c1[nH]c(=O)c(S(=O)(=O)c3ccccc3)cc1CC2. The number of fused-ring (bicyclic) bond motifs is 3. The van der Waals surface area contributed by atoms with Crippen LogP contribution in [-0.2, 0) is 34.0 Å². The van der Waals surface area contributed by atoms with E-state index in [2.05, 4.69) is 27.0 Å². The smallest absolute Gasteiger partial charge is 0.356 e. The van der Waals surface area contributed by atoms with Crippen molar-refractivity contribution in [3.8, 4) is 11.4 Å². The normalized spacial score (nSPS) is 12.6. The van der Waals surface area contributed by atoms with E-state index in [9.17, 15) is 18.0 Å². The van der Waals surface area contributed by atoms with Crippen LogP contribution in [0.1, 0.15) is 45.2 Å². The van der Waals surface area contributed by atoms with Crippen molar-refractivity contribution in [2.75, 3.05) is 6.61 Å². The molecule has 0 saturated heterocycles. The van der Waals surface area contributed by atoms with Crippen molar-refractivity contribution in [2.24, 2.45) is 0 Å². The number of benzene rings is 2. The molecular formula is C29H27BrN2O5S. The number of hydrogen-bond donors (Lipinski definition) is 1. The van der Waals surface area contributed by atoms with Crippen LogP contribution >= 0.6 is 15.9 Å². The van der Waals surface area contributed by atoms with Gasteiger partial charge in [0.1, 0.15) is 10.6 Å². The molecule has 0 radical (unpaired) electrons. The Labute approximate surface area is 229 Å². The van der Waals surface area contributed by atoms with Gasteiger partial charge < -0.3 is 14.3 Å². The van der Waals surface area contributed by atoms with Crippen molar-refractivity contribution in [3.05, 3.63) is 103 Å². The first kappa shape index (κ1) is 26.2. The summed E-state index contributed by atoms with van der Waals surface area (Å²) in [5.41, 5.74) is 5.67. The molecule has 0 amide bonds. The first-order valence-corrected chi connectivity index (χ1v) is 14.6. The number of nitrogens with one attached hydrogen (secondary N) is 1. The summed E-state index contributed by atoms with van der Waals surface area (Å²) in [6.45, 7) is 6.40. The molecule has 9 heteroatoms. The van der Waals surface area contributed by atoms with E-state index in [1.54, 1.807) is 25.1 Å². The minimum Gasteiger partial charge on any atom is -0.461 e. The van der Waals surface area contributed by atoms with Gasteiger partial charge in [-0.05, 0) is 90.0 Å². The highest BCUT2D eigenvalue weighted by Crippen LogP contribution is 2.41. The van der Waals surface area contributed by atoms with Gasteiger partial charge in [-0.15, -0.1) is 0 Å². The summed E-state index contributed by atoms with van der Waals surface area (Å²) in [5, 5.41) is 0. The molecule has 0 fully saturated rings. The second kappa shape index (κ2) is 10.0. The summed E-state index contributed by atoms with van der Waals surface area (Å²) in [6, 6.07) is 15.5. The van der Waals surface area contributed by atoms with Gasteiger partial charge in [0.15, 0.2) is 0 Å². The standard InChI is InChI=1S/C29H27BrN2O5S/c1-4-37-29(34)27-24(30)22-13-12-19-15-23(38(35,36)21-8-6-5-7-9-21)28(33)31-25(19)26(22)32(27)16-20-11-10-17(2)14-18(20)3/h5-11,14-15H,4,12-13,16H2,1-3H3,(H,31,33). The molecular weight excluding hydrogens is 568 g/mol. The van der Waals surface area contributed by atoms with Crippen molar-refractivity contribution < 1.29 is 17.9 Å². The van der Waals surface area contributed by atoms with Gasteiger partial charge in [0, 0.05) is 6.54 Å². The summed E-state index contributed by atoms with van der Waals surface area (Å²) < 4.78 is 34.5. The number of aromatic nitrogens is 2. The van der Waals surface area contributed by atoms with Crippen LogP contribution in [0.25, 0.3) is 11.4 Å². The highest BCUT2D eigenvalue weighted by atomic mass is 79.9. The van der Waals surface area contributed by atoms with Gasteiger partial charge in [0.25, 0.3) is 5.56 Å². The molecule has 4 aromatic rings. The fourth-order valence-electron chi connectivity index (χ4n) is 5.05. The van der Waals surface area contributed by atoms with Gasteiger partial charge in [-0.2, -0.15) is 0 Å². The zero-order chi connectivity index (χ0) is 27.2. The highest BCUT2D eigenvalue weighted by molar-refractivity contribution is 9.10. The number of rotatable bonds is 6. The van der Waals surface area contributed by atoms with E-state index in [4.69, 9.17) is 4.74 Å². The number of aryl methyl sites for hydroxylation is 3. The number of ether oxygens (including phenoxy) is 1. The van der Waals surface area contributed by atoms with E-state index in [-0.39, 0.29) is 16.4 Å². The van der Waals surface area contributed by atoms with E-state index in [1.807, 2.05) is 30.5 Å². The van der Waals surface area contributed by atoms with Crippen LogP contribution in [0.3, 0.4) is 0 Å². The molecule has 0 atom stereocenters. The minimum atomic E-state index is -4.01. The van der Waals surface area contributed by atoms with E-state index in [0.29, 0.717) is 46.5 Å². The molecule has 2 aromatic carbocycles. The van der Waals surface area contributed by atoms with Gasteiger partial charge in [-0.3, -0.25) is 4.79 Å². The summed E-state index contributed by atoms with van der Waals surface area (Å²) in [5.74, 6) is -0.467. The lowest BCUT2D eigenvalue weighted by Gasteiger charge is -2.21. The molecule has 0 bridgehead atoms. The second-order valence-corrected chi connectivity index (χ2v) is 12.1. The Morgan fingerprint density at radius 1 is 1.08 bits per heavy atom. The number of H-pyrrole nitrogens is 1. The lowest BCUT2D eigenvalue weighted by atomic mass is 9.94. The number of hydrogen-bond acceptors (Lipinski definition) is 5. The van der Waals surface area contributed by atoms with Crippen molar-refractivity contribution >= 4 is 31.7 Å². The van der Waals surface area contributed by atoms with Crippen LogP contribution < -0.4 is 5.56 Å². The van der Waals surface area contributed by atoms with E-state index in [1.165, 1.54) is 18.2 Å². The molecule has 7 nitrogen and oxygen atoms in total. The van der Waals surface area contributed by atoms with Gasteiger partial charge >= 0.3 is 5.97 Å². The lowest BCUT2D eigenvalue weighted by Crippen LogP contribution is -2.22. The second-order valence-electron chi connectivity index (χ2n) is 9.41. The van der Waals surface area contributed by atoms with Crippen molar-refractivity contribution in [3.63, 3.8) is 0 Å².